The fraction of sp³-hybridized carbons (Fsp3) is 0.778. The minimum atomic E-state index is 0.727. The molecule has 10 heavy (non-hydrogen) atoms. The molecule has 0 aliphatic carbocycles. The van der Waals surface area contributed by atoms with Crippen molar-refractivity contribution in [2.45, 2.75) is 40.5 Å². The van der Waals surface area contributed by atoms with Crippen molar-refractivity contribution in [1.29, 1.82) is 0 Å². The van der Waals surface area contributed by atoms with Gasteiger partial charge < -0.3 is 5.73 Å². The fourth-order valence-corrected chi connectivity index (χ4v) is 1.05. The minimum Gasteiger partial charge on any atom is -0.402 e. The highest BCUT2D eigenvalue weighted by atomic mass is 14.6. The van der Waals surface area contributed by atoms with Crippen LogP contribution < -0.4 is 5.73 Å². The Kier molecular flexibility index (Phi) is 4.17. The van der Waals surface area contributed by atoms with Crippen LogP contribution in [0, 0.1) is 5.92 Å². The first kappa shape index (κ1) is 9.54. The molecular weight excluding hydrogens is 122 g/mol. The van der Waals surface area contributed by atoms with Gasteiger partial charge in [-0.05, 0) is 25.7 Å². The zero-order chi connectivity index (χ0) is 8.15. The number of hydrogen-bond acceptors (Lipinski definition) is 1. The largest absolute Gasteiger partial charge is 0.402 e. The first-order valence-electron chi connectivity index (χ1n) is 4.02. The third-order valence-corrected chi connectivity index (χ3v) is 1.64. The zero-order valence-corrected chi connectivity index (χ0v) is 7.57. The summed E-state index contributed by atoms with van der Waals surface area (Å²) in [4.78, 5) is 0. The van der Waals surface area contributed by atoms with E-state index in [1.165, 1.54) is 5.57 Å². The van der Waals surface area contributed by atoms with Gasteiger partial charge in [-0.1, -0.05) is 26.3 Å². The summed E-state index contributed by atoms with van der Waals surface area (Å²) in [7, 11) is 0. The van der Waals surface area contributed by atoms with Crippen LogP contribution in [-0.2, 0) is 0 Å². The average molecular weight is 141 g/mol. The normalized spacial score (nSPS) is 13.7. The van der Waals surface area contributed by atoms with Crippen molar-refractivity contribution >= 4 is 0 Å². The van der Waals surface area contributed by atoms with Crippen LogP contribution in [0.4, 0.5) is 0 Å². The average Bonchev–Trinajstić information content (AvgIpc) is 1.85. The Morgan fingerprint density at radius 3 is 2.20 bits per heavy atom. The molecular formula is C9H19N. The van der Waals surface area contributed by atoms with Crippen LogP contribution in [0.5, 0.6) is 0 Å². The van der Waals surface area contributed by atoms with E-state index in [-0.39, 0.29) is 0 Å². The standard InChI is InChI=1S/C9H19N/c1-5-9(10)8(4)6-7(2)3/h7H,5-6,10H2,1-4H3. The zero-order valence-electron chi connectivity index (χ0n) is 7.57. The number of rotatable bonds is 3. The maximum atomic E-state index is 5.74. The SMILES string of the molecule is CCC(N)=C(C)CC(C)C. The molecule has 0 aliphatic heterocycles. The fourth-order valence-electron chi connectivity index (χ4n) is 1.05. The third kappa shape index (κ3) is 3.54. The highest BCUT2D eigenvalue weighted by molar-refractivity contribution is 5.07. The predicted molar refractivity (Wildman–Crippen MR) is 46.6 cm³/mol. The molecule has 0 saturated heterocycles. The second-order valence-electron chi connectivity index (χ2n) is 3.26. The summed E-state index contributed by atoms with van der Waals surface area (Å²) in [6.07, 6.45) is 2.12. The number of nitrogens with two attached hydrogens (primary N) is 1. The van der Waals surface area contributed by atoms with E-state index in [2.05, 4.69) is 27.7 Å². The molecule has 1 heteroatoms. The van der Waals surface area contributed by atoms with E-state index in [1.807, 2.05) is 0 Å². The van der Waals surface area contributed by atoms with Crippen LogP contribution in [0.1, 0.15) is 40.5 Å². The molecule has 60 valence electrons. The molecule has 0 bridgehead atoms. The van der Waals surface area contributed by atoms with Crippen molar-refractivity contribution < 1.29 is 0 Å². The first-order chi connectivity index (χ1) is 4.57. The van der Waals surface area contributed by atoms with Gasteiger partial charge in [-0.2, -0.15) is 0 Å². The van der Waals surface area contributed by atoms with Gasteiger partial charge in [0.2, 0.25) is 0 Å². The summed E-state index contributed by atoms with van der Waals surface area (Å²) in [5, 5.41) is 0. The quantitative estimate of drug-likeness (QED) is 0.642. The smallest absolute Gasteiger partial charge is 0.00668 e. The maximum Gasteiger partial charge on any atom is 0.00668 e. The van der Waals surface area contributed by atoms with Crippen molar-refractivity contribution in [1.82, 2.24) is 0 Å². The molecule has 0 aliphatic rings. The van der Waals surface area contributed by atoms with Gasteiger partial charge >= 0.3 is 0 Å². The molecule has 0 rings (SSSR count). The van der Waals surface area contributed by atoms with Crippen LogP contribution in [-0.4, -0.2) is 0 Å². The van der Waals surface area contributed by atoms with E-state index in [0.29, 0.717) is 0 Å². The van der Waals surface area contributed by atoms with E-state index in [9.17, 15) is 0 Å². The molecule has 2 N–H and O–H groups in total. The molecule has 0 unspecified atom stereocenters. The molecule has 0 amide bonds. The summed E-state index contributed by atoms with van der Waals surface area (Å²) >= 11 is 0. The summed E-state index contributed by atoms with van der Waals surface area (Å²) in [6.45, 7) is 8.65. The lowest BCUT2D eigenvalue weighted by atomic mass is 10.0. The van der Waals surface area contributed by atoms with Crippen molar-refractivity contribution in [2.75, 3.05) is 0 Å². The van der Waals surface area contributed by atoms with Crippen molar-refractivity contribution in [3.05, 3.63) is 11.3 Å². The van der Waals surface area contributed by atoms with E-state index in [4.69, 9.17) is 5.73 Å². The van der Waals surface area contributed by atoms with Gasteiger partial charge in [0.25, 0.3) is 0 Å². The van der Waals surface area contributed by atoms with Crippen LogP contribution >= 0.6 is 0 Å². The first-order valence-corrected chi connectivity index (χ1v) is 4.02. The summed E-state index contributed by atoms with van der Waals surface area (Å²) in [5.41, 5.74) is 8.17. The van der Waals surface area contributed by atoms with Gasteiger partial charge in [0.15, 0.2) is 0 Å². The Bertz CT molecular complexity index is 123. The third-order valence-electron chi connectivity index (χ3n) is 1.64. The van der Waals surface area contributed by atoms with E-state index < -0.39 is 0 Å². The molecule has 0 atom stereocenters. The second-order valence-corrected chi connectivity index (χ2v) is 3.26. The highest BCUT2D eigenvalue weighted by Gasteiger charge is 1.98. The van der Waals surface area contributed by atoms with Crippen LogP contribution in [0.15, 0.2) is 11.3 Å². The topological polar surface area (TPSA) is 26.0 Å². The van der Waals surface area contributed by atoms with Crippen LogP contribution in [0.2, 0.25) is 0 Å². The molecule has 0 aromatic heterocycles. The maximum absolute atomic E-state index is 5.74. The lowest BCUT2D eigenvalue weighted by Crippen LogP contribution is -2.01. The molecule has 0 radical (unpaired) electrons. The molecule has 1 nitrogen and oxygen atoms in total. The summed E-state index contributed by atoms with van der Waals surface area (Å²) < 4.78 is 0. The van der Waals surface area contributed by atoms with E-state index in [1.54, 1.807) is 0 Å². The number of hydrogen-bond donors (Lipinski definition) is 1. The van der Waals surface area contributed by atoms with Gasteiger partial charge in [0, 0.05) is 5.70 Å². The van der Waals surface area contributed by atoms with Gasteiger partial charge in [-0.3, -0.25) is 0 Å². The monoisotopic (exact) mass is 141 g/mol. The van der Waals surface area contributed by atoms with E-state index in [0.717, 1.165) is 24.5 Å². The molecule has 0 aromatic carbocycles. The molecule has 0 heterocycles. The summed E-state index contributed by atoms with van der Waals surface area (Å²) in [5.74, 6) is 0.727. The van der Waals surface area contributed by atoms with Crippen LogP contribution in [0.3, 0.4) is 0 Å². The summed E-state index contributed by atoms with van der Waals surface area (Å²) in [6, 6.07) is 0. The van der Waals surface area contributed by atoms with Crippen molar-refractivity contribution in [3.63, 3.8) is 0 Å². The van der Waals surface area contributed by atoms with Gasteiger partial charge in [0.1, 0.15) is 0 Å². The Balaban J connectivity index is 3.92. The van der Waals surface area contributed by atoms with Crippen LogP contribution in [0.25, 0.3) is 0 Å². The number of allylic oxidation sites excluding steroid dienone is 2. The second kappa shape index (κ2) is 4.37. The van der Waals surface area contributed by atoms with Gasteiger partial charge in [0.05, 0.1) is 0 Å². The van der Waals surface area contributed by atoms with E-state index >= 15 is 0 Å². The van der Waals surface area contributed by atoms with Crippen molar-refractivity contribution in [2.24, 2.45) is 11.7 Å². The van der Waals surface area contributed by atoms with Gasteiger partial charge in [-0.15, -0.1) is 0 Å². The molecule has 0 spiro atoms. The Morgan fingerprint density at radius 2 is 1.90 bits per heavy atom. The lowest BCUT2D eigenvalue weighted by Gasteiger charge is -2.07. The molecule has 0 fully saturated rings. The van der Waals surface area contributed by atoms with Crippen molar-refractivity contribution in [3.8, 4) is 0 Å². The Labute approximate surface area is 64.3 Å². The Hall–Kier alpha value is -0.460. The molecule has 0 saturated carbocycles. The lowest BCUT2D eigenvalue weighted by molar-refractivity contribution is 0.635. The predicted octanol–water partition coefficient (Wildman–Crippen LogP) is 2.68. The molecule has 0 aromatic rings. The Morgan fingerprint density at radius 1 is 1.40 bits per heavy atom. The highest BCUT2D eigenvalue weighted by Crippen LogP contribution is 2.12. The van der Waals surface area contributed by atoms with Gasteiger partial charge in [-0.25, -0.2) is 0 Å². The minimum absolute atomic E-state index is 0.727.